The largest absolute Gasteiger partial charge is 0.488 e. The number of halogens is 1. The maximum absolute atomic E-state index is 12.5. The van der Waals surface area contributed by atoms with Gasteiger partial charge in [-0.05, 0) is 47.6 Å². The molecule has 134 valence electrons. The summed E-state index contributed by atoms with van der Waals surface area (Å²) in [4.78, 5) is 24.6. The standard InChI is InChI=1S/C19H22INO4/c1-3-5-10-25-17-13-21(11-14-8-6-7-9-16(14)20)12-15(18(17)22)19(23)24-4-2/h6-9,12-13H,3-5,10-11H2,1-2H3. The van der Waals surface area contributed by atoms with Crippen LogP contribution in [0.4, 0.5) is 0 Å². The van der Waals surface area contributed by atoms with E-state index in [1.54, 1.807) is 17.7 Å². The summed E-state index contributed by atoms with van der Waals surface area (Å²) in [6.45, 7) is 4.96. The summed E-state index contributed by atoms with van der Waals surface area (Å²) >= 11 is 2.27. The lowest BCUT2D eigenvalue weighted by atomic mass is 10.2. The third-order valence-electron chi connectivity index (χ3n) is 3.61. The van der Waals surface area contributed by atoms with E-state index < -0.39 is 11.4 Å². The molecule has 2 rings (SSSR count). The minimum absolute atomic E-state index is 0.00166. The summed E-state index contributed by atoms with van der Waals surface area (Å²) in [6, 6.07) is 7.97. The molecule has 2 aromatic rings. The van der Waals surface area contributed by atoms with Gasteiger partial charge in [-0.15, -0.1) is 0 Å². The maximum Gasteiger partial charge on any atom is 0.343 e. The van der Waals surface area contributed by atoms with Crippen molar-refractivity contribution in [1.29, 1.82) is 0 Å². The van der Waals surface area contributed by atoms with Crippen LogP contribution in [-0.2, 0) is 11.3 Å². The average Bonchev–Trinajstić information content (AvgIpc) is 2.59. The van der Waals surface area contributed by atoms with Crippen molar-refractivity contribution >= 4 is 28.6 Å². The number of esters is 1. The van der Waals surface area contributed by atoms with Crippen molar-refractivity contribution in [2.24, 2.45) is 0 Å². The number of benzene rings is 1. The number of hydrogen-bond donors (Lipinski definition) is 0. The van der Waals surface area contributed by atoms with Crippen molar-refractivity contribution < 1.29 is 14.3 Å². The van der Waals surface area contributed by atoms with E-state index in [1.165, 1.54) is 6.20 Å². The summed E-state index contributed by atoms with van der Waals surface area (Å²) in [5, 5.41) is 0. The summed E-state index contributed by atoms with van der Waals surface area (Å²) in [6.07, 6.45) is 5.01. The van der Waals surface area contributed by atoms with Gasteiger partial charge in [0.05, 0.1) is 19.4 Å². The predicted octanol–water partition coefficient (Wildman–Crippen LogP) is 3.86. The fourth-order valence-corrected chi connectivity index (χ4v) is 2.86. The molecule has 1 aromatic heterocycles. The quantitative estimate of drug-likeness (QED) is 0.345. The van der Waals surface area contributed by atoms with Crippen molar-refractivity contribution in [2.75, 3.05) is 13.2 Å². The number of carbonyl (C=O) groups is 1. The molecule has 0 aliphatic heterocycles. The smallest absolute Gasteiger partial charge is 0.343 e. The molecule has 0 amide bonds. The second-order valence-corrected chi connectivity index (χ2v) is 6.71. The summed E-state index contributed by atoms with van der Waals surface area (Å²) < 4.78 is 13.5. The van der Waals surface area contributed by atoms with Crippen molar-refractivity contribution in [3.63, 3.8) is 0 Å². The van der Waals surface area contributed by atoms with Crippen molar-refractivity contribution in [1.82, 2.24) is 4.57 Å². The second kappa shape index (κ2) is 9.60. The van der Waals surface area contributed by atoms with Crippen LogP contribution in [0.3, 0.4) is 0 Å². The molecule has 1 heterocycles. The zero-order chi connectivity index (χ0) is 18.2. The first kappa shape index (κ1) is 19.5. The molecule has 0 saturated heterocycles. The molecule has 0 N–H and O–H groups in total. The molecule has 0 aliphatic rings. The summed E-state index contributed by atoms with van der Waals surface area (Å²) in [7, 11) is 0. The van der Waals surface area contributed by atoms with E-state index in [9.17, 15) is 9.59 Å². The molecule has 0 aliphatic carbocycles. The minimum atomic E-state index is -0.620. The Hall–Kier alpha value is -1.83. The molecule has 0 spiro atoms. The molecule has 0 unspecified atom stereocenters. The first-order chi connectivity index (χ1) is 12.1. The van der Waals surface area contributed by atoms with E-state index >= 15 is 0 Å². The Morgan fingerprint density at radius 3 is 2.64 bits per heavy atom. The minimum Gasteiger partial charge on any atom is -0.488 e. The molecular weight excluding hydrogens is 433 g/mol. The van der Waals surface area contributed by atoms with Gasteiger partial charge in [-0.3, -0.25) is 4.79 Å². The van der Waals surface area contributed by atoms with Crippen LogP contribution in [0.25, 0.3) is 0 Å². The van der Waals surface area contributed by atoms with Gasteiger partial charge in [0.2, 0.25) is 5.43 Å². The molecule has 0 atom stereocenters. The van der Waals surface area contributed by atoms with Crippen molar-refractivity contribution in [2.45, 2.75) is 33.2 Å². The monoisotopic (exact) mass is 455 g/mol. The molecule has 0 radical (unpaired) electrons. The number of rotatable bonds is 8. The SMILES string of the molecule is CCCCOc1cn(Cc2ccccc2I)cc(C(=O)OCC)c1=O. The van der Waals surface area contributed by atoms with Crippen LogP contribution in [0.1, 0.15) is 42.6 Å². The lowest BCUT2D eigenvalue weighted by molar-refractivity contribution is 0.0523. The first-order valence-electron chi connectivity index (χ1n) is 8.34. The Morgan fingerprint density at radius 2 is 1.96 bits per heavy atom. The lowest BCUT2D eigenvalue weighted by Crippen LogP contribution is -2.22. The topological polar surface area (TPSA) is 57.5 Å². The highest BCUT2D eigenvalue weighted by molar-refractivity contribution is 14.1. The fraction of sp³-hybridized carbons (Fsp3) is 0.368. The van der Waals surface area contributed by atoms with Crippen LogP contribution in [0, 0.1) is 3.57 Å². The van der Waals surface area contributed by atoms with E-state index in [-0.39, 0.29) is 17.9 Å². The third-order valence-corrected chi connectivity index (χ3v) is 4.66. The van der Waals surface area contributed by atoms with Crippen molar-refractivity contribution in [3.8, 4) is 5.75 Å². The molecule has 25 heavy (non-hydrogen) atoms. The number of nitrogens with zero attached hydrogens (tertiary/aromatic N) is 1. The van der Waals surface area contributed by atoms with E-state index in [0.717, 1.165) is 22.0 Å². The normalized spacial score (nSPS) is 10.5. The Labute approximate surface area is 161 Å². The van der Waals surface area contributed by atoms with Gasteiger partial charge < -0.3 is 14.0 Å². The van der Waals surface area contributed by atoms with Gasteiger partial charge in [-0.1, -0.05) is 31.5 Å². The number of pyridine rings is 1. The molecular formula is C19H22INO4. The van der Waals surface area contributed by atoms with Crippen LogP contribution in [0.5, 0.6) is 5.75 Å². The Bertz CT molecular complexity index is 785. The fourth-order valence-electron chi connectivity index (χ4n) is 2.30. The Kier molecular flexibility index (Phi) is 7.49. The maximum atomic E-state index is 12.5. The highest BCUT2D eigenvalue weighted by Gasteiger charge is 2.17. The van der Waals surface area contributed by atoms with Crippen molar-refractivity contribution in [3.05, 3.63) is 61.6 Å². The Morgan fingerprint density at radius 1 is 1.20 bits per heavy atom. The van der Waals surface area contributed by atoms with Gasteiger partial charge in [0, 0.05) is 16.3 Å². The van der Waals surface area contributed by atoms with Gasteiger partial charge in [0.25, 0.3) is 0 Å². The molecule has 0 bridgehead atoms. The molecule has 5 nitrogen and oxygen atoms in total. The van der Waals surface area contributed by atoms with Gasteiger partial charge in [-0.25, -0.2) is 4.79 Å². The Balaban J connectivity index is 2.39. The number of ether oxygens (including phenoxy) is 2. The van der Waals surface area contributed by atoms with E-state index in [0.29, 0.717) is 13.2 Å². The lowest BCUT2D eigenvalue weighted by Gasteiger charge is -2.13. The zero-order valence-corrected chi connectivity index (χ0v) is 16.6. The molecule has 0 saturated carbocycles. The third kappa shape index (κ3) is 5.32. The summed E-state index contributed by atoms with van der Waals surface area (Å²) in [5.41, 5.74) is 0.677. The van der Waals surface area contributed by atoms with Crippen LogP contribution < -0.4 is 10.2 Å². The highest BCUT2D eigenvalue weighted by Crippen LogP contribution is 2.15. The second-order valence-electron chi connectivity index (χ2n) is 5.55. The van der Waals surface area contributed by atoms with E-state index in [2.05, 4.69) is 22.6 Å². The number of aromatic nitrogens is 1. The van der Waals surface area contributed by atoms with Gasteiger partial charge in [-0.2, -0.15) is 0 Å². The van der Waals surface area contributed by atoms with Crippen LogP contribution in [0.15, 0.2) is 41.5 Å². The van der Waals surface area contributed by atoms with E-state index in [4.69, 9.17) is 9.47 Å². The van der Waals surface area contributed by atoms with Gasteiger partial charge in [0.15, 0.2) is 5.75 Å². The van der Waals surface area contributed by atoms with Crippen LogP contribution >= 0.6 is 22.6 Å². The number of unbranched alkanes of at least 4 members (excludes halogenated alkanes) is 1. The van der Waals surface area contributed by atoms with Crippen LogP contribution in [0.2, 0.25) is 0 Å². The van der Waals surface area contributed by atoms with Gasteiger partial charge >= 0.3 is 5.97 Å². The average molecular weight is 455 g/mol. The predicted molar refractivity (Wildman–Crippen MR) is 105 cm³/mol. The van der Waals surface area contributed by atoms with Gasteiger partial charge in [0.1, 0.15) is 5.56 Å². The molecule has 6 heteroatoms. The molecule has 0 fully saturated rings. The number of hydrogen-bond acceptors (Lipinski definition) is 4. The van der Waals surface area contributed by atoms with E-state index in [1.807, 2.05) is 31.2 Å². The molecule has 1 aromatic carbocycles. The highest BCUT2D eigenvalue weighted by atomic mass is 127. The number of carbonyl (C=O) groups excluding carboxylic acids is 1. The van der Waals surface area contributed by atoms with Crippen LogP contribution in [-0.4, -0.2) is 23.8 Å². The first-order valence-corrected chi connectivity index (χ1v) is 9.42. The zero-order valence-electron chi connectivity index (χ0n) is 14.5. The summed E-state index contributed by atoms with van der Waals surface area (Å²) in [5.74, 6) is -0.435.